The Morgan fingerprint density at radius 1 is 1.32 bits per heavy atom. The molecule has 0 unspecified atom stereocenters. The topological polar surface area (TPSA) is 64.8 Å². The molecule has 2 heterocycles. The molecule has 3 rings (SSSR count). The number of aromatic nitrogens is 3. The van der Waals surface area contributed by atoms with Gasteiger partial charge in [0.15, 0.2) is 12.0 Å². The number of rotatable bonds is 2. The second kappa shape index (κ2) is 4.37. The van der Waals surface area contributed by atoms with Crippen molar-refractivity contribution in [2.45, 2.75) is 23.8 Å². The average Bonchev–Trinajstić information content (AvgIpc) is 2.92. The number of halogens is 2. The van der Waals surface area contributed by atoms with Crippen molar-refractivity contribution >= 4 is 10.7 Å². The molecule has 0 bridgehead atoms. The fraction of sp³-hybridized carbons (Fsp3) is 0.273. The van der Waals surface area contributed by atoms with E-state index >= 15 is 0 Å². The van der Waals surface area contributed by atoms with Gasteiger partial charge in [-0.25, -0.2) is 21.9 Å². The molecule has 2 atom stereocenters. The van der Waals surface area contributed by atoms with Gasteiger partial charge in [0.1, 0.15) is 5.82 Å². The van der Waals surface area contributed by atoms with E-state index in [9.17, 15) is 17.2 Å². The lowest BCUT2D eigenvalue weighted by molar-refractivity contribution is 0.325. The van der Waals surface area contributed by atoms with Crippen molar-refractivity contribution in [3.63, 3.8) is 0 Å². The summed E-state index contributed by atoms with van der Waals surface area (Å²) < 4.78 is 50.3. The van der Waals surface area contributed by atoms with Gasteiger partial charge in [-0.15, -0.1) is 5.10 Å². The highest BCUT2D eigenvalue weighted by atomic mass is 32.2. The minimum atomic E-state index is -2.98. The van der Waals surface area contributed by atoms with Gasteiger partial charge in [0.25, 0.3) is 5.16 Å². The van der Waals surface area contributed by atoms with Crippen LogP contribution in [-0.4, -0.2) is 23.2 Å². The summed E-state index contributed by atoms with van der Waals surface area (Å²) in [5, 5.41) is 3.31. The number of nitrogens with zero attached hydrogens (tertiary/aromatic N) is 3. The van der Waals surface area contributed by atoms with Gasteiger partial charge in [0.05, 0.1) is 6.04 Å². The summed E-state index contributed by atoms with van der Waals surface area (Å²) in [5.41, 5.74) is 0.279. The molecule has 0 fully saturated rings. The maximum Gasteiger partial charge on any atom is 0.264 e. The molecule has 0 N–H and O–H groups in total. The molecule has 1 aromatic carbocycles. The number of alkyl halides is 1. The second-order valence-corrected chi connectivity index (χ2v) is 5.13. The van der Waals surface area contributed by atoms with Crippen molar-refractivity contribution in [1.29, 1.82) is 0 Å². The summed E-state index contributed by atoms with van der Waals surface area (Å²) in [5.74, 6) is -0.543. The first kappa shape index (κ1) is 12.2. The highest BCUT2D eigenvalue weighted by Crippen LogP contribution is 2.40. The summed E-state index contributed by atoms with van der Waals surface area (Å²) in [4.78, 5) is 3.63. The van der Waals surface area contributed by atoms with Crippen molar-refractivity contribution in [3.05, 3.63) is 41.5 Å². The summed E-state index contributed by atoms with van der Waals surface area (Å²) in [7, 11) is -2.98. The van der Waals surface area contributed by atoms with Crippen molar-refractivity contribution in [1.82, 2.24) is 14.8 Å². The van der Waals surface area contributed by atoms with Crippen LogP contribution in [0.4, 0.5) is 8.78 Å². The highest BCUT2D eigenvalue weighted by molar-refractivity contribution is 7.72. The van der Waals surface area contributed by atoms with Gasteiger partial charge in [-0.1, -0.05) is 18.2 Å². The van der Waals surface area contributed by atoms with Crippen molar-refractivity contribution in [2.75, 3.05) is 0 Å². The van der Waals surface area contributed by atoms with Crippen LogP contribution in [0, 0.1) is 5.82 Å². The Bertz CT molecular complexity index is 706. The van der Waals surface area contributed by atoms with Crippen LogP contribution in [0.25, 0.3) is 0 Å². The van der Waals surface area contributed by atoms with E-state index in [-0.39, 0.29) is 17.8 Å². The third-order valence-corrected chi connectivity index (χ3v) is 3.60. The molecule has 19 heavy (non-hydrogen) atoms. The van der Waals surface area contributed by atoms with Crippen LogP contribution < -0.4 is 0 Å². The number of fused-ring (bicyclic) bond motifs is 1. The Balaban J connectivity index is 2.11. The van der Waals surface area contributed by atoms with E-state index < -0.39 is 33.9 Å². The molecule has 0 saturated carbocycles. The molecule has 0 spiro atoms. The van der Waals surface area contributed by atoms with E-state index in [0.717, 1.165) is 4.68 Å². The van der Waals surface area contributed by atoms with Crippen molar-refractivity contribution < 1.29 is 17.2 Å². The summed E-state index contributed by atoms with van der Waals surface area (Å²) >= 11 is 0. The van der Waals surface area contributed by atoms with E-state index in [0.29, 0.717) is 0 Å². The van der Waals surface area contributed by atoms with E-state index in [1.54, 1.807) is 6.07 Å². The van der Waals surface area contributed by atoms with E-state index in [1.807, 2.05) is 0 Å². The fourth-order valence-electron chi connectivity index (χ4n) is 2.25. The quantitative estimate of drug-likeness (QED) is 0.847. The van der Waals surface area contributed by atoms with Crippen LogP contribution in [0.3, 0.4) is 0 Å². The Labute approximate surface area is 108 Å². The predicted octanol–water partition coefficient (Wildman–Crippen LogP) is 1.39. The summed E-state index contributed by atoms with van der Waals surface area (Å²) in [6.07, 6.45) is -1.44. The molecule has 0 radical (unpaired) electrons. The monoisotopic (exact) mass is 285 g/mol. The molecule has 1 aliphatic rings. The van der Waals surface area contributed by atoms with E-state index in [2.05, 4.69) is 10.1 Å². The highest BCUT2D eigenvalue weighted by Gasteiger charge is 2.36. The molecule has 8 heteroatoms. The largest absolute Gasteiger partial charge is 0.264 e. The third-order valence-electron chi connectivity index (χ3n) is 3.08. The molecule has 1 aliphatic heterocycles. The van der Waals surface area contributed by atoms with Crippen LogP contribution in [0.5, 0.6) is 0 Å². The average molecular weight is 285 g/mol. The number of benzene rings is 1. The van der Waals surface area contributed by atoms with Gasteiger partial charge in [0, 0.05) is 12.0 Å². The lowest BCUT2D eigenvalue weighted by Crippen LogP contribution is -2.09. The van der Waals surface area contributed by atoms with Gasteiger partial charge in [-0.2, -0.15) is 4.98 Å². The number of thiol groups is 1. The fourth-order valence-corrected chi connectivity index (χ4v) is 2.60. The first-order valence-electron chi connectivity index (χ1n) is 5.57. The van der Waals surface area contributed by atoms with Crippen LogP contribution in [0.15, 0.2) is 29.4 Å². The minimum Gasteiger partial charge on any atom is -0.239 e. The van der Waals surface area contributed by atoms with Gasteiger partial charge < -0.3 is 0 Å². The third kappa shape index (κ3) is 1.92. The Morgan fingerprint density at radius 2 is 2.05 bits per heavy atom. The van der Waals surface area contributed by atoms with Gasteiger partial charge in [-0.3, -0.25) is 0 Å². The van der Waals surface area contributed by atoms with Crippen LogP contribution in [0.1, 0.15) is 30.0 Å². The van der Waals surface area contributed by atoms with Crippen molar-refractivity contribution in [3.8, 4) is 0 Å². The molecular weight excluding hydrogens is 276 g/mol. The summed E-state index contributed by atoms with van der Waals surface area (Å²) in [6, 6.07) is 5.30. The standard InChI is InChI=1S/C11H9F2N3O2S/c12-7-4-2-1-3-6(7)9-5-8(13)10-14-11(19(17)18)15-16(9)10/h1-4,8-9,19H,5H2/t8-,9-/m0/s1. The molecule has 5 nitrogen and oxygen atoms in total. The van der Waals surface area contributed by atoms with Gasteiger partial charge >= 0.3 is 0 Å². The minimum absolute atomic E-state index is 0.00614. The smallest absolute Gasteiger partial charge is 0.239 e. The molecule has 0 saturated heterocycles. The molecule has 0 amide bonds. The van der Waals surface area contributed by atoms with Crippen LogP contribution in [0.2, 0.25) is 0 Å². The van der Waals surface area contributed by atoms with E-state index in [4.69, 9.17) is 0 Å². The first-order chi connectivity index (χ1) is 9.08. The normalized spacial score (nSPS) is 21.8. The molecule has 1 aromatic heterocycles. The summed E-state index contributed by atoms with van der Waals surface area (Å²) in [6.45, 7) is 0. The van der Waals surface area contributed by atoms with Gasteiger partial charge in [-0.05, 0) is 6.07 Å². The van der Waals surface area contributed by atoms with Crippen LogP contribution in [-0.2, 0) is 10.7 Å². The predicted molar refractivity (Wildman–Crippen MR) is 61.6 cm³/mol. The first-order valence-corrected chi connectivity index (χ1v) is 6.75. The molecule has 2 aromatic rings. The molecular formula is C11H9F2N3O2S. The maximum atomic E-state index is 13.8. The Morgan fingerprint density at radius 3 is 2.74 bits per heavy atom. The van der Waals surface area contributed by atoms with Gasteiger partial charge in [0.2, 0.25) is 10.7 Å². The maximum absolute atomic E-state index is 13.8. The second-order valence-electron chi connectivity index (χ2n) is 4.21. The van der Waals surface area contributed by atoms with Crippen LogP contribution >= 0.6 is 0 Å². The number of hydrogen-bond donors (Lipinski definition) is 1. The number of hydrogen-bond acceptors (Lipinski definition) is 4. The lowest BCUT2D eigenvalue weighted by Gasteiger charge is -2.12. The zero-order valence-corrected chi connectivity index (χ0v) is 10.4. The Hall–Kier alpha value is -1.83. The van der Waals surface area contributed by atoms with Crippen molar-refractivity contribution in [2.24, 2.45) is 0 Å². The van der Waals surface area contributed by atoms with E-state index in [1.165, 1.54) is 18.2 Å². The zero-order valence-electron chi connectivity index (χ0n) is 9.53. The zero-order chi connectivity index (χ0) is 13.6. The SMILES string of the molecule is O=[SH](=O)c1nc2n(n1)[C@H](c1ccccc1F)C[C@@H]2F. The molecule has 100 valence electrons. The molecule has 0 aliphatic carbocycles. The Kier molecular flexibility index (Phi) is 2.81. The lowest BCUT2D eigenvalue weighted by atomic mass is 10.0.